The second-order valence-electron chi connectivity index (χ2n) is 5.75. The molecule has 0 N–H and O–H groups in total. The van der Waals surface area contributed by atoms with Crippen LogP contribution in [0.2, 0.25) is 0 Å². The highest BCUT2D eigenvalue weighted by Crippen LogP contribution is 2.39. The number of fused-ring (bicyclic) bond motifs is 3. The van der Waals surface area contributed by atoms with Crippen molar-refractivity contribution >= 4 is 29.7 Å². The smallest absolute Gasteiger partial charge is 0.206 e. The molecule has 2 aliphatic heterocycles. The van der Waals surface area contributed by atoms with Gasteiger partial charge < -0.3 is 9.80 Å². The summed E-state index contributed by atoms with van der Waals surface area (Å²) in [4.78, 5) is 9.48. The molecule has 22 heavy (non-hydrogen) atoms. The van der Waals surface area contributed by atoms with Crippen LogP contribution in [0.1, 0.15) is 17.5 Å². The Morgan fingerprint density at radius 3 is 2.68 bits per heavy atom. The lowest BCUT2D eigenvalue weighted by Crippen LogP contribution is -2.41. The summed E-state index contributed by atoms with van der Waals surface area (Å²) < 4.78 is 0. The van der Waals surface area contributed by atoms with E-state index in [2.05, 4.69) is 65.3 Å². The van der Waals surface area contributed by atoms with E-state index in [1.807, 2.05) is 0 Å². The molecule has 0 saturated carbocycles. The first kappa shape index (κ1) is 14.9. The number of rotatable bonds is 2. The fraction of sp³-hybridized carbons (Fsp3) is 0.278. The number of aliphatic imine (C=N–C) groups is 1. The average Bonchev–Trinajstić information content (AvgIpc) is 2.83. The zero-order valence-electron chi connectivity index (χ0n) is 12.7. The van der Waals surface area contributed by atoms with E-state index in [9.17, 15) is 0 Å². The molecule has 0 amide bonds. The van der Waals surface area contributed by atoms with E-state index in [0.29, 0.717) is 0 Å². The van der Waals surface area contributed by atoms with Crippen molar-refractivity contribution in [1.82, 2.24) is 0 Å². The van der Waals surface area contributed by atoms with Gasteiger partial charge in [-0.2, -0.15) is 0 Å². The SMILES string of the molecule is Cc1cccc(CN2C3=NCCCN3c3ccccc32)c1.Cl. The third-order valence-corrected chi connectivity index (χ3v) is 4.16. The molecule has 0 spiro atoms. The van der Waals surface area contributed by atoms with E-state index in [1.165, 1.54) is 22.5 Å². The Morgan fingerprint density at radius 2 is 1.86 bits per heavy atom. The Hall–Kier alpha value is -2.00. The van der Waals surface area contributed by atoms with Crippen LogP contribution in [-0.2, 0) is 6.54 Å². The highest BCUT2D eigenvalue weighted by Gasteiger charge is 2.33. The van der Waals surface area contributed by atoms with Crippen molar-refractivity contribution in [3.05, 3.63) is 59.7 Å². The van der Waals surface area contributed by atoms with E-state index >= 15 is 0 Å². The number of para-hydroxylation sites is 2. The number of aryl methyl sites for hydroxylation is 1. The van der Waals surface area contributed by atoms with Gasteiger partial charge in [0.1, 0.15) is 0 Å². The normalized spacial score (nSPS) is 15.8. The number of hydrogen-bond acceptors (Lipinski definition) is 3. The van der Waals surface area contributed by atoms with E-state index in [-0.39, 0.29) is 12.4 Å². The molecule has 0 bridgehead atoms. The molecule has 0 radical (unpaired) electrons. The van der Waals surface area contributed by atoms with E-state index in [4.69, 9.17) is 4.99 Å². The van der Waals surface area contributed by atoms with Gasteiger partial charge in [-0.3, -0.25) is 4.99 Å². The van der Waals surface area contributed by atoms with Crippen molar-refractivity contribution in [3.63, 3.8) is 0 Å². The Balaban J connectivity index is 0.00000144. The standard InChI is InChI=1S/C18H19N3.ClH/c1-14-6-4-7-15(12-14)13-21-17-9-3-2-8-16(17)20-11-5-10-19-18(20)21;/h2-4,6-9,12H,5,10-11,13H2,1H3;1H. The van der Waals surface area contributed by atoms with Crippen LogP contribution < -0.4 is 9.80 Å². The summed E-state index contributed by atoms with van der Waals surface area (Å²) in [6.45, 7) is 5.03. The predicted octanol–water partition coefficient (Wildman–Crippen LogP) is 4.00. The third kappa shape index (κ3) is 2.46. The van der Waals surface area contributed by atoms with Crippen molar-refractivity contribution in [2.75, 3.05) is 22.9 Å². The molecule has 4 heteroatoms. The van der Waals surface area contributed by atoms with E-state index < -0.39 is 0 Å². The van der Waals surface area contributed by atoms with Gasteiger partial charge in [0.25, 0.3) is 0 Å². The fourth-order valence-electron chi connectivity index (χ4n) is 3.23. The van der Waals surface area contributed by atoms with Gasteiger partial charge in [-0.15, -0.1) is 12.4 Å². The van der Waals surface area contributed by atoms with Gasteiger partial charge in [-0.05, 0) is 31.0 Å². The van der Waals surface area contributed by atoms with Crippen molar-refractivity contribution in [3.8, 4) is 0 Å². The first-order valence-corrected chi connectivity index (χ1v) is 7.57. The molecule has 0 unspecified atom stereocenters. The van der Waals surface area contributed by atoms with Gasteiger partial charge in [0.2, 0.25) is 5.96 Å². The number of guanidine groups is 1. The molecule has 0 saturated heterocycles. The van der Waals surface area contributed by atoms with Gasteiger partial charge in [-0.1, -0.05) is 42.0 Å². The van der Waals surface area contributed by atoms with Crippen molar-refractivity contribution in [2.45, 2.75) is 19.9 Å². The van der Waals surface area contributed by atoms with Crippen LogP contribution in [0.15, 0.2) is 53.5 Å². The molecule has 2 aromatic carbocycles. The maximum Gasteiger partial charge on any atom is 0.206 e. The van der Waals surface area contributed by atoms with Crippen LogP contribution in [-0.4, -0.2) is 19.0 Å². The van der Waals surface area contributed by atoms with Crippen LogP contribution in [0.4, 0.5) is 11.4 Å². The van der Waals surface area contributed by atoms with Gasteiger partial charge in [0, 0.05) is 13.1 Å². The summed E-state index contributed by atoms with van der Waals surface area (Å²) in [5.41, 5.74) is 5.21. The Labute approximate surface area is 137 Å². The quantitative estimate of drug-likeness (QED) is 0.834. The number of nitrogens with zero attached hydrogens (tertiary/aromatic N) is 3. The van der Waals surface area contributed by atoms with Crippen LogP contribution >= 0.6 is 12.4 Å². The summed E-state index contributed by atoms with van der Waals surface area (Å²) in [5.74, 6) is 1.11. The predicted molar refractivity (Wildman–Crippen MR) is 95.3 cm³/mol. The Morgan fingerprint density at radius 1 is 1.05 bits per heavy atom. The lowest BCUT2D eigenvalue weighted by atomic mass is 10.1. The number of anilines is 2. The van der Waals surface area contributed by atoms with Crippen molar-refractivity contribution in [1.29, 1.82) is 0 Å². The molecule has 0 aliphatic carbocycles. The van der Waals surface area contributed by atoms with Crippen molar-refractivity contribution < 1.29 is 0 Å². The lowest BCUT2D eigenvalue weighted by molar-refractivity contribution is 0.784. The zero-order chi connectivity index (χ0) is 14.2. The van der Waals surface area contributed by atoms with E-state index in [1.54, 1.807) is 0 Å². The fourth-order valence-corrected chi connectivity index (χ4v) is 3.23. The topological polar surface area (TPSA) is 18.8 Å². The maximum atomic E-state index is 4.77. The molecular formula is C18H20ClN3. The highest BCUT2D eigenvalue weighted by molar-refractivity contribution is 6.16. The summed E-state index contributed by atoms with van der Waals surface area (Å²) in [6, 6.07) is 17.4. The highest BCUT2D eigenvalue weighted by atomic mass is 35.5. The molecule has 2 aromatic rings. The second-order valence-corrected chi connectivity index (χ2v) is 5.75. The van der Waals surface area contributed by atoms with Crippen LogP contribution in [0.3, 0.4) is 0 Å². The summed E-state index contributed by atoms with van der Waals surface area (Å²) in [7, 11) is 0. The Bertz CT molecular complexity index is 711. The number of halogens is 1. The van der Waals surface area contributed by atoms with Gasteiger partial charge >= 0.3 is 0 Å². The van der Waals surface area contributed by atoms with Crippen LogP contribution in [0, 0.1) is 6.92 Å². The second kappa shape index (κ2) is 6.01. The largest absolute Gasteiger partial charge is 0.310 e. The van der Waals surface area contributed by atoms with Crippen LogP contribution in [0.5, 0.6) is 0 Å². The van der Waals surface area contributed by atoms with E-state index in [0.717, 1.165) is 32.0 Å². The minimum atomic E-state index is 0. The van der Waals surface area contributed by atoms with Crippen LogP contribution in [0.25, 0.3) is 0 Å². The van der Waals surface area contributed by atoms with Gasteiger partial charge in [-0.25, -0.2) is 0 Å². The molecule has 0 fully saturated rings. The monoisotopic (exact) mass is 313 g/mol. The summed E-state index contributed by atoms with van der Waals surface area (Å²) >= 11 is 0. The Kier molecular flexibility index (Phi) is 4.08. The first-order valence-electron chi connectivity index (χ1n) is 7.57. The minimum Gasteiger partial charge on any atom is -0.310 e. The minimum absolute atomic E-state index is 0. The molecule has 0 aromatic heterocycles. The van der Waals surface area contributed by atoms with Gasteiger partial charge in [0.15, 0.2) is 0 Å². The molecule has 2 heterocycles. The third-order valence-electron chi connectivity index (χ3n) is 4.16. The molecule has 4 rings (SSSR count). The average molecular weight is 314 g/mol. The number of hydrogen-bond donors (Lipinski definition) is 0. The molecular weight excluding hydrogens is 294 g/mol. The molecule has 2 aliphatic rings. The maximum absolute atomic E-state index is 4.77. The molecule has 114 valence electrons. The zero-order valence-corrected chi connectivity index (χ0v) is 13.5. The first-order chi connectivity index (χ1) is 10.3. The summed E-state index contributed by atoms with van der Waals surface area (Å²) in [6.07, 6.45) is 1.14. The summed E-state index contributed by atoms with van der Waals surface area (Å²) in [5, 5.41) is 0. The molecule has 3 nitrogen and oxygen atoms in total. The van der Waals surface area contributed by atoms with Gasteiger partial charge in [0.05, 0.1) is 17.9 Å². The van der Waals surface area contributed by atoms with Crippen molar-refractivity contribution in [2.24, 2.45) is 4.99 Å². The lowest BCUT2D eigenvalue weighted by Gasteiger charge is -2.27. The number of benzene rings is 2. The molecule has 0 atom stereocenters.